The standard InChI is InChI=1S/C15H19BrN2O2/c16-11-1-2-13-10(7-11)3-4-18-15(13)14(19)8-12-9-17-5-6-20-12/h1-2,7,12,15,17-18H,3-6,8-9H2. The molecule has 2 unspecified atom stereocenters. The minimum atomic E-state index is -0.183. The van der Waals surface area contributed by atoms with Gasteiger partial charge in [-0.15, -0.1) is 0 Å². The molecule has 2 aliphatic rings. The molecule has 1 aromatic carbocycles. The van der Waals surface area contributed by atoms with Gasteiger partial charge in [0.05, 0.1) is 18.8 Å². The number of ketones is 1. The number of hydrogen-bond donors (Lipinski definition) is 2. The van der Waals surface area contributed by atoms with Gasteiger partial charge in [0, 0.05) is 30.5 Å². The molecular weight excluding hydrogens is 320 g/mol. The van der Waals surface area contributed by atoms with E-state index >= 15 is 0 Å². The highest BCUT2D eigenvalue weighted by atomic mass is 79.9. The van der Waals surface area contributed by atoms with Crippen molar-refractivity contribution in [3.05, 3.63) is 33.8 Å². The van der Waals surface area contributed by atoms with E-state index in [1.54, 1.807) is 0 Å². The van der Waals surface area contributed by atoms with Crippen LogP contribution in [0, 0.1) is 0 Å². The first kappa shape index (κ1) is 14.2. The fourth-order valence-corrected chi connectivity index (χ4v) is 3.32. The second kappa shape index (κ2) is 6.35. The molecule has 2 aliphatic heterocycles. The average Bonchev–Trinajstić information content (AvgIpc) is 2.47. The van der Waals surface area contributed by atoms with E-state index in [4.69, 9.17) is 4.74 Å². The first-order chi connectivity index (χ1) is 9.74. The summed E-state index contributed by atoms with van der Waals surface area (Å²) >= 11 is 3.49. The molecule has 0 spiro atoms. The Labute approximate surface area is 127 Å². The lowest BCUT2D eigenvalue weighted by atomic mass is 9.90. The summed E-state index contributed by atoms with van der Waals surface area (Å²) in [6.45, 7) is 3.19. The predicted octanol–water partition coefficient (Wildman–Crippen LogP) is 1.58. The van der Waals surface area contributed by atoms with E-state index in [0.29, 0.717) is 13.0 Å². The van der Waals surface area contributed by atoms with Gasteiger partial charge in [0.25, 0.3) is 0 Å². The largest absolute Gasteiger partial charge is 0.375 e. The first-order valence-electron chi connectivity index (χ1n) is 7.11. The Kier molecular flexibility index (Phi) is 4.51. The van der Waals surface area contributed by atoms with Crippen molar-refractivity contribution in [3.63, 3.8) is 0 Å². The van der Waals surface area contributed by atoms with E-state index in [1.165, 1.54) is 5.56 Å². The van der Waals surface area contributed by atoms with Gasteiger partial charge in [-0.2, -0.15) is 0 Å². The van der Waals surface area contributed by atoms with Crippen molar-refractivity contribution in [1.29, 1.82) is 0 Å². The van der Waals surface area contributed by atoms with Crippen LogP contribution in [0.3, 0.4) is 0 Å². The molecule has 1 saturated heterocycles. The van der Waals surface area contributed by atoms with Crippen LogP contribution < -0.4 is 10.6 Å². The summed E-state index contributed by atoms with van der Waals surface area (Å²) in [5, 5.41) is 6.61. The summed E-state index contributed by atoms with van der Waals surface area (Å²) in [4.78, 5) is 12.5. The van der Waals surface area contributed by atoms with Crippen LogP contribution in [0.1, 0.15) is 23.6 Å². The maximum absolute atomic E-state index is 12.5. The SMILES string of the molecule is O=C(CC1CNCCO1)C1NCCc2cc(Br)ccc21. The van der Waals surface area contributed by atoms with E-state index in [-0.39, 0.29) is 17.9 Å². The van der Waals surface area contributed by atoms with Crippen LogP contribution in [0.5, 0.6) is 0 Å². The molecule has 0 radical (unpaired) electrons. The van der Waals surface area contributed by atoms with Gasteiger partial charge in [0.1, 0.15) is 0 Å². The van der Waals surface area contributed by atoms with Crippen LogP contribution >= 0.6 is 15.9 Å². The Morgan fingerprint density at radius 2 is 2.30 bits per heavy atom. The normalized spacial score (nSPS) is 26.1. The predicted molar refractivity (Wildman–Crippen MR) is 80.8 cm³/mol. The monoisotopic (exact) mass is 338 g/mol. The minimum Gasteiger partial charge on any atom is -0.375 e. The third-order valence-electron chi connectivity index (χ3n) is 3.91. The number of hydrogen-bond acceptors (Lipinski definition) is 4. The maximum atomic E-state index is 12.5. The van der Waals surface area contributed by atoms with Gasteiger partial charge in [-0.3, -0.25) is 4.79 Å². The lowest BCUT2D eigenvalue weighted by molar-refractivity contribution is -0.124. The van der Waals surface area contributed by atoms with Crippen LogP contribution in [0.2, 0.25) is 0 Å². The molecular formula is C15H19BrN2O2. The summed E-state index contributed by atoms with van der Waals surface area (Å²) in [5.41, 5.74) is 2.38. The topological polar surface area (TPSA) is 50.4 Å². The molecule has 0 saturated carbocycles. The van der Waals surface area contributed by atoms with Crippen molar-refractivity contribution >= 4 is 21.7 Å². The molecule has 2 N–H and O–H groups in total. The lowest BCUT2D eigenvalue weighted by Gasteiger charge is -2.29. The van der Waals surface area contributed by atoms with Gasteiger partial charge in [-0.25, -0.2) is 0 Å². The number of Topliss-reactive ketones (excluding diaryl/α,β-unsaturated/α-hetero) is 1. The molecule has 20 heavy (non-hydrogen) atoms. The van der Waals surface area contributed by atoms with Crippen LogP contribution in [0.25, 0.3) is 0 Å². The Morgan fingerprint density at radius 3 is 3.10 bits per heavy atom. The van der Waals surface area contributed by atoms with Crippen molar-refractivity contribution in [2.24, 2.45) is 0 Å². The Morgan fingerprint density at radius 1 is 1.40 bits per heavy atom. The molecule has 4 nitrogen and oxygen atoms in total. The number of morpholine rings is 1. The molecule has 5 heteroatoms. The fraction of sp³-hybridized carbons (Fsp3) is 0.533. The number of rotatable bonds is 3. The average molecular weight is 339 g/mol. The molecule has 0 amide bonds. The Hall–Kier alpha value is -0.750. The summed E-state index contributed by atoms with van der Waals surface area (Å²) < 4.78 is 6.70. The molecule has 0 aliphatic carbocycles. The van der Waals surface area contributed by atoms with E-state index in [0.717, 1.165) is 36.1 Å². The van der Waals surface area contributed by atoms with Gasteiger partial charge < -0.3 is 15.4 Å². The van der Waals surface area contributed by atoms with E-state index in [2.05, 4.69) is 32.6 Å². The number of ether oxygens (including phenoxy) is 1. The van der Waals surface area contributed by atoms with E-state index in [1.807, 2.05) is 12.1 Å². The Bertz CT molecular complexity index is 501. The van der Waals surface area contributed by atoms with Crippen LogP contribution in [0.4, 0.5) is 0 Å². The van der Waals surface area contributed by atoms with Gasteiger partial charge in [-0.05, 0) is 29.7 Å². The summed E-state index contributed by atoms with van der Waals surface area (Å²) in [5.74, 6) is 0.224. The molecule has 1 aromatic rings. The number of halogens is 1. The number of carbonyl (C=O) groups is 1. The highest BCUT2D eigenvalue weighted by molar-refractivity contribution is 9.10. The molecule has 0 bridgehead atoms. The van der Waals surface area contributed by atoms with Crippen molar-refractivity contribution in [3.8, 4) is 0 Å². The zero-order chi connectivity index (χ0) is 13.9. The van der Waals surface area contributed by atoms with Gasteiger partial charge >= 0.3 is 0 Å². The molecule has 2 atom stereocenters. The second-order valence-corrected chi connectivity index (χ2v) is 6.26. The smallest absolute Gasteiger partial charge is 0.156 e. The van der Waals surface area contributed by atoms with Gasteiger partial charge in [-0.1, -0.05) is 22.0 Å². The summed E-state index contributed by atoms with van der Waals surface area (Å²) in [7, 11) is 0. The number of fused-ring (bicyclic) bond motifs is 1. The zero-order valence-electron chi connectivity index (χ0n) is 11.3. The van der Waals surface area contributed by atoms with Crippen molar-refractivity contribution in [1.82, 2.24) is 10.6 Å². The van der Waals surface area contributed by atoms with Gasteiger partial charge in [0.2, 0.25) is 0 Å². The maximum Gasteiger partial charge on any atom is 0.156 e. The zero-order valence-corrected chi connectivity index (χ0v) is 12.9. The van der Waals surface area contributed by atoms with Gasteiger partial charge in [0.15, 0.2) is 5.78 Å². The van der Waals surface area contributed by atoms with Crippen molar-refractivity contribution in [2.45, 2.75) is 25.0 Å². The minimum absolute atomic E-state index is 0.0128. The van der Waals surface area contributed by atoms with Crippen LogP contribution in [0.15, 0.2) is 22.7 Å². The van der Waals surface area contributed by atoms with Crippen LogP contribution in [-0.2, 0) is 16.0 Å². The second-order valence-electron chi connectivity index (χ2n) is 5.35. The number of nitrogens with one attached hydrogen (secondary N) is 2. The highest BCUT2D eigenvalue weighted by Gasteiger charge is 2.28. The molecule has 2 heterocycles. The van der Waals surface area contributed by atoms with E-state index in [9.17, 15) is 4.79 Å². The third kappa shape index (κ3) is 3.11. The molecule has 0 aromatic heterocycles. The molecule has 3 rings (SSSR count). The fourth-order valence-electron chi connectivity index (χ4n) is 2.91. The van der Waals surface area contributed by atoms with Crippen LogP contribution in [-0.4, -0.2) is 38.1 Å². The number of benzene rings is 1. The first-order valence-corrected chi connectivity index (χ1v) is 7.90. The third-order valence-corrected chi connectivity index (χ3v) is 4.41. The summed E-state index contributed by atoms with van der Waals surface area (Å²) in [6.07, 6.45) is 1.46. The Balaban J connectivity index is 1.72. The lowest BCUT2D eigenvalue weighted by Crippen LogP contribution is -2.42. The highest BCUT2D eigenvalue weighted by Crippen LogP contribution is 2.27. The summed E-state index contributed by atoms with van der Waals surface area (Å²) in [6, 6.07) is 5.99. The number of carbonyl (C=O) groups excluding carboxylic acids is 1. The van der Waals surface area contributed by atoms with E-state index < -0.39 is 0 Å². The molecule has 108 valence electrons. The molecule has 1 fully saturated rings. The van der Waals surface area contributed by atoms with Crippen molar-refractivity contribution in [2.75, 3.05) is 26.2 Å². The quantitative estimate of drug-likeness (QED) is 0.878. The van der Waals surface area contributed by atoms with Crippen molar-refractivity contribution < 1.29 is 9.53 Å².